The lowest BCUT2D eigenvalue weighted by Crippen LogP contribution is -2.48. The van der Waals surface area contributed by atoms with Crippen molar-refractivity contribution >= 4 is 11.8 Å². The summed E-state index contributed by atoms with van der Waals surface area (Å²) < 4.78 is 24.5. The molecule has 0 saturated carbocycles. The molecular weight excluding hydrogens is 389 g/mol. The second kappa shape index (κ2) is 9.11. The maximum Gasteiger partial charge on any atom is 0.261 e. The second-order valence-corrected chi connectivity index (χ2v) is 7.50. The van der Waals surface area contributed by atoms with Gasteiger partial charge in [-0.25, -0.2) is 4.39 Å². The third-order valence-corrected chi connectivity index (χ3v) is 5.40. The van der Waals surface area contributed by atoms with E-state index >= 15 is 0 Å². The van der Waals surface area contributed by atoms with E-state index in [1.54, 1.807) is 29.4 Å². The van der Waals surface area contributed by atoms with Gasteiger partial charge in [-0.3, -0.25) is 14.6 Å². The average molecular weight is 413 g/mol. The Morgan fingerprint density at radius 1 is 1.10 bits per heavy atom. The third kappa shape index (κ3) is 4.69. The van der Waals surface area contributed by atoms with Crippen molar-refractivity contribution in [1.82, 2.24) is 14.8 Å². The van der Waals surface area contributed by atoms with E-state index in [-0.39, 0.29) is 30.3 Å². The molecule has 7 nitrogen and oxygen atoms in total. The lowest BCUT2D eigenvalue weighted by atomic mass is 10.1. The summed E-state index contributed by atoms with van der Waals surface area (Å²) in [5.41, 5.74) is 0. The molecule has 0 unspecified atom stereocenters. The molecule has 8 heteroatoms. The van der Waals surface area contributed by atoms with Crippen LogP contribution in [0.15, 0.2) is 48.8 Å². The molecule has 1 aromatic carbocycles. The summed E-state index contributed by atoms with van der Waals surface area (Å²) in [6, 6.07) is 8.47. The van der Waals surface area contributed by atoms with Crippen molar-refractivity contribution in [3.63, 3.8) is 0 Å². The Hall–Kier alpha value is -3.16. The largest absolute Gasteiger partial charge is 0.487 e. The predicted molar refractivity (Wildman–Crippen MR) is 106 cm³/mol. The molecule has 2 aliphatic heterocycles. The highest BCUT2D eigenvalue weighted by Crippen LogP contribution is 2.26. The molecule has 2 aliphatic rings. The number of carbonyl (C=O) groups excluding carboxylic acids is 2. The van der Waals surface area contributed by atoms with Crippen molar-refractivity contribution in [2.75, 3.05) is 26.2 Å². The van der Waals surface area contributed by atoms with E-state index in [0.29, 0.717) is 24.5 Å². The average Bonchev–Trinajstić information content (AvgIpc) is 3.44. The number of hydrogen-bond acceptors (Lipinski definition) is 5. The molecule has 158 valence electrons. The summed E-state index contributed by atoms with van der Waals surface area (Å²) >= 11 is 0. The van der Waals surface area contributed by atoms with Gasteiger partial charge in [-0.15, -0.1) is 0 Å². The van der Waals surface area contributed by atoms with Gasteiger partial charge in [0.1, 0.15) is 29.5 Å². The van der Waals surface area contributed by atoms with Gasteiger partial charge in [-0.1, -0.05) is 0 Å². The highest BCUT2D eigenvalue weighted by molar-refractivity contribution is 5.89. The van der Waals surface area contributed by atoms with Crippen molar-refractivity contribution in [2.45, 2.75) is 31.4 Å². The number of pyridine rings is 1. The van der Waals surface area contributed by atoms with Gasteiger partial charge in [0.05, 0.1) is 12.7 Å². The lowest BCUT2D eigenvalue weighted by molar-refractivity contribution is -0.144. The van der Waals surface area contributed by atoms with E-state index in [9.17, 15) is 14.0 Å². The number of nitrogens with zero attached hydrogens (tertiary/aromatic N) is 3. The Labute approximate surface area is 174 Å². The molecule has 0 N–H and O–H groups in total. The molecule has 2 atom stereocenters. The number of benzene rings is 1. The second-order valence-electron chi connectivity index (χ2n) is 7.50. The van der Waals surface area contributed by atoms with E-state index in [4.69, 9.17) is 9.47 Å². The molecule has 2 aromatic rings. The first-order valence-electron chi connectivity index (χ1n) is 10.1. The fourth-order valence-corrected chi connectivity index (χ4v) is 3.91. The number of hydrogen-bond donors (Lipinski definition) is 0. The van der Waals surface area contributed by atoms with Crippen LogP contribution in [-0.2, 0) is 9.59 Å². The van der Waals surface area contributed by atoms with E-state index in [2.05, 4.69) is 4.98 Å². The summed E-state index contributed by atoms with van der Waals surface area (Å²) in [6.07, 6.45) is 5.35. The van der Waals surface area contributed by atoms with Gasteiger partial charge >= 0.3 is 0 Å². The minimum Gasteiger partial charge on any atom is -0.487 e. The van der Waals surface area contributed by atoms with Crippen molar-refractivity contribution in [1.29, 1.82) is 0 Å². The van der Waals surface area contributed by atoms with Gasteiger partial charge in [0.15, 0.2) is 6.61 Å². The van der Waals surface area contributed by atoms with Gasteiger partial charge in [0.2, 0.25) is 5.91 Å². The van der Waals surface area contributed by atoms with Crippen LogP contribution in [-0.4, -0.2) is 65.0 Å². The summed E-state index contributed by atoms with van der Waals surface area (Å²) in [7, 11) is 0. The number of likely N-dealkylation sites (tertiary alicyclic amines) is 2. The van der Waals surface area contributed by atoms with Gasteiger partial charge in [0, 0.05) is 25.7 Å². The van der Waals surface area contributed by atoms with Crippen LogP contribution in [0, 0.1) is 5.82 Å². The molecule has 2 fully saturated rings. The third-order valence-electron chi connectivity index (χ3n) is 5.40. The summed E-state index contributed by atoms with van der Waals surface area (Å²) in [5.74, 6) is 0.287. The molecular formula is C22H24FN3O4. The van der Waals surface area contributed by atoms with Gasteiger partial charge in [-0.2, -0.15) is 0 Å². The molecule has 4 rings (SSSR count). The number of amides is 2. The van der Waals surface area contributed by atoms with E-state index in [1.165, 1.54) is 24.3 Å². The fourth-order valence-electron chi connectivity index (χ4n) is 3.91. The number of halogens is 1. The van der Waals surface area contributed by atoms with E-state index < -0.39 is 6.04 Å². The zero-order valence-electron chi connectivity index (χ0n) is 16.6. The minimum absolute atomic E-state index is 0.0417. The molecule has 2 amide bonds. The van der Waals surface area contributed by atoms with Crippen LogP contribution in [0.4, 0.5) is 4.39 Å². The van der Waals surface area contributed by atoms with Crippen LogP contribution in [0.2, 0.25) is 0 Å². The number of carbonyl (C=O) groups is 2. The summed E-state index contributed by atoms with van der Waals surface area (Å²) in [4.78, 5) is 33.4. The maximum atomic E-state index is 13.1. The molecule has 0 bridgehead atoms. The number of aromatic nitrogens is 1. The first-order valence-corrected chi connectivity index (χ1v) is 10.1. The Morgan fingerprint density at radius 3 is 2.57 bits per heavy atom. The Balaban J connectivity index is 1.44. The number of rotatable bonds is 6. The molecule has 1 aromatic heterocycles. The quantitative estimate of drug-likeness (QED) is 0.727. The van der Waals surface area contributed by atoms with Crippen molar-refractivity contribution in [3.05, 3.63) is 54.6 Å². The molecule has 3 heterocycles. The van der Waals surface area contributed by atoms with Gasteiger partial charge < -0.3 is 19.3 Å². The zero-order chi connectivity index (χ0) is 20.9. The van der Waals surface area contributed by atoms with Crippen molar-refractivity contribution in [3.8, 4) is 11.5 Å². The normalized spacial score (nSPS) is 21.0. The number of ether oxygens (including phenoxy) is 2. The molecule has 0 spiro atoms. The first-order chi connectivity index (χ1) is 14.6. The monoisotopic (exact) mass is 413 g/mol. The highest BCUT2D eigenvalue weighted by Gasteiger charge is 2.42. The van der Waals surface area contributed by atoms with Gasteiger partial charge in [-0.05, 0) is 49.2 Å². The summed E-state index contributed by atoms with van der Waals surface area (Å²) in [5, 5.41) is 0. The highest BCUT2D eigenvalue weighted by atomic mass is 19.1. The van der Waals surface area contributed by atoms with E-state index in [1.807, 2.05) is 4.90 Å². The minimum atomic E-state index is -0.575. The Kier molecular flexibility index (Phi) is 6.11. The SMILES string of the molecule is O=C([C@@H]1C[C@H](Oc2cccnc2)CN1C(=O)COc1ccc(F)cc1)N1CCCC1. The Morgan fingerprint density at radius 2 is 1.87 bits per heavy atom. The lowest BCUT2D eigenvalue weighted by Gasteiger charge is -2.27. The predicted octanol–water partition coefficient (Wildman–Crippen LogP) is 2.27. The van der Waals surface area contributed by atoms with E-state index in [0.717, 1.165) is 25.9 Å². The van der Waals surface area contributed by atoms with Crippen LogP contribution < -0.4 is 9.47 Å². The molecule has 2 saturated heterocycles. The van der Waals surface area contributed by atoms with Crippen LogP contribution in [0.3, 0.4) is 0 Å². The first kappa shape index (κ1) is 20.1. The van der Waals surface area contributed by atoms with Gasteiger partial charge in [0.25, 0.3) is 5.91 Å². The summed E-state index contributed by atoms with van der Waals surface area (Å²) in [6.45, 7) is 1.51. The zero-order valence-corrected chi connectivity index (χ0v) is 16.6. The molecule has 0 aliphatic carbocycles. The molecule has 0 radical (unpaired) electrons. The molecule has 30 heavy (non-hydrogen) atoms. The van der Waals surface area contributed by atoms with Crippen LogP contribution >= 0.6 is 0 Å². The maximum absolute atomic E-state index is 13.1. The Bertz CT molecular complexity index is 872. The fraction of sp³-hybridized carbons (Fsp3) is 0.409. The standard InChI is InChI=1S/C22H24FN3O4/c23-16-5-7-17(8-6-16)29-15-21(27)26-14-19(30-18-4-3-9-24-13-18)12-20(26)22(28)25-10-1-2-11-25/h3-9,13,19-20H,1-2,10-12,14-15H2/t19-,20-/m0/s1. The van der Waals surface area contributed by atoms with Crippen LogP contribution in [0.5, 0.6) is 11.5 Å². The smallest absolute Gasteiger partial charge is 0.261 e. The van der Waals surface area contributed by atoms with Crippen LogP contribution in [0.1, 0.15) is 19.3 Å². The van der Waals surface area contributed by atoms with Crippen LogP contribution in [0.25, 0.3) is 0 Å². The van der Waals surface area contributed by atoms with Crippen molar-refractivity contribution < 1.29 is 23.5 Å². The topological polar surface area (TPSA) is 72.0 Å². The van der Waals surface area contributed by atoms with Crippen molar-refractivity contribution in [2.24, 2.45) is 0 Å².